The van der Waals surface area contributed by atoms with E-state index in [2.05, 4.69) is 14.9 Å². The number of piperidine rings is 1. The van der Waals surface area contributed by atoms with Gasteiger partial charge in [0.1, 0.15) is 18.2 Å². The number of aryl methyl sites for hydroxylation is 1. The second kappa shape index (κ2) is 7.51. The van der Waals surface area contributed by atoms with Crippen molar-refractivity contribution in [2.45, 2.75) is 25.7 Å². The average molecular weight is 315 g/mol. The standard InChI is InChI=1S/C18H22FN3O/c1-14-12-20-13-18(21-14)15-6-8-22(9-7-15)10-11-23-17-4-2-16(19)3-5-17/h2-5,12-13,15H,6-11H2,1H3. The highest BCUT2D eigenvalue weighted by atomic mass is 19.1. The van der Waals surface area contributed by atoms with Crippen LogP contribution >= 0.6 is 0 Å². The van der Waals surface area contributed by atoms with Crippen molar-refractivity contribution < 1.29 is 9.13 Å². The zero-order valence-electron chi connectivity index (χ0n) is 13.4. The molecular formula is C18H22FN3O. The summed E-state index contributed by atoms with van der Waals surface area (Å²) in [5.74, 6) is 0.992. The van der Waals surface area contributed by atoms with Crippen molar-refractivity contribution in [2.24, 2.45) is 0 Å². The van der Waals surface area contributed by atoms with Crippen LogP contribution in [0.25, 0.3) is 0 Å². The Morgan fingerprint density at radius 1 is 1.17 bits per heavy atom. The van der Waals surface area contributed by atoms with Crippen molar-refractivity contribution in [3.8, 4) is 5.75 Å². The fourth-order valence-electron chi connectivity index (χ4n) is 2.96. The van der Waals surface area contributed by atoms with E-state index in [-0.39, 0.29) is 5.82 Å². The van der Waals surface area contributed by atoms with Gasteiger partial charge in [0.05, 0.1) is 11.4 Å². The fourth-order valence-corrected chi connectivity index (χ4v) is 2.96. The summed E-state index contributed by atoms with van der Waals surface area (Å²) in [5, 5.41) is 0. The molecule has 1 aromatic carbocycles. The highest BCUT2D eigenvalue weighted by Crippen LogP contribution is 2.26. The third kappa shape index (κ3) is 4.48. The van der Waals surface area contributed by atoms with Crippen LogP contribution in [0.2, 0.25) is 0 Å². The number of hydrogen-bond donors (Lipinski definition) is 0. The molecule has 0 aliphatic carbocycles. The smallest absolute Gasteiger partial charge is 0.123 e. The number of aromatic nitrogens is 2. The Bertz CT molecular complexity index is 624. The van der Waals surface area contributed by atoms with E-state index in [1.54, 1.807) is 18.3 Å². The first-order valence-electron chi connectivity index (χ1n) is 8.10. The molecule has 0 bridgehead atoms. The first kappa shape index (κ1) is 15.9. The Hall–Kier alpha value is -2.01. The van der Waals surface area contributed by atoms with Crippen LogP contribution in [-0.4, -0.2) is 41.1 Å². The summed E-state index contributed by atoms with van der Waals surface area (Å²) in [6.07, 6.45) is 5.90. The molecule has 2 aromatic rings. The van der Waals surface area contributed by atoms with Gasteiger partial charge in [-0.1, -0.05) is 0 Å². The Morgan fingerprint density at radius 3 is 2.61 bits per heavy atom. The van der Waals surface area contributed by atoms with Crippen LogP contribution in [0.4, 0.5) is 4.39 Å². The van der Waals surface area contributed by atoms with Crippen molar-refractivity contribution in [1.29, 1.82) is 0 Å². The SMILES string of the molecule is Cc1cncc(C2CCN(CCOc3ccc(F)cc3)CC2)n1. The zero-order chi connectivity index (χ0) is 16.1. The van der Waals surface area contributed by atoms with Gasteiger partial charge in [-0.2, -0.15) is 0 Å². The number of nitrogens with zero attached hydrogens (tertiary/aromatic N) is 3. The van der Waals surface area contributed by atoms with E-state index >= 15 is 0 Å². The Morgan fingerprint density at radius 2 is 1.91 bits per heavy atom. The van der Waals surface area contributed by atoms with Crippen LogP contribution in [0, 0.1) is 12.7 Å². The topological polar surface area (TPSA) is 38.2 Å². The molecule has 0 unspecified atom stereocenters. The summed E-state index contributed by atoms with van der Waals surface area (Å²) in [6.45, 7) is 5.60. The summed E-state index contributed by atoms with van der Waals surface area (Å²) in [7, 11) is 0. The maximum absolute atomic E-state index is 12.8. The zero-order valence-corrected chi connectivity index (χ0v) is 13.4. The minimum Gasteiger partial charge on any atom is -0.492 e. The largest absolute Gasteiger partial charge is 0.492 e. The molecule has 4 nitrogen and oxygen atoms in total. The lowest BCUT2D eigenvalue weighted by atomic mass is 9.94. The van der Waals surface area contributed by atoms with Gasteiger partial charge >= 0.3 is 0 Å². The number of halogens is 1. The molecule has 2 heterocycles. The molecule has 1 aromatic heterocycles. The third-order valence-electron chi connectivity index (χ3n) is 4.27. The lowest BCUT2D eigenvalue weighted by molar-refractivity contribution is 0.172. The van der Waals surface area contributed by atoms with Crippen LogP contribution in [0.1, 0.15) is 30.1 Å². The summed E-state index contributed by atoms with van der Waals surface area (Å²) in [4.78, 5) is 11.2. The Kier molecular flexibility index (Phi) is 5.18. The van der Waals surface area contributed by atoms with Crippen LogP contribution in [0.5, 0.6) is 5.75 Å². The van der Waals surface area contributed by atoms with Gasteiger partial charge in [0.25, 0.3) is 0 Å². The lowest BCUT2D eigenvalue weighted by Gasteiger charge is -2.31. The van der Waals surface area contributed by atoms with Gasteiger partial charge in [0.15, 0.2) is 0 Å². The van der Waals surface area contributed by atoms with E-state index in [4.69, 9.17) is 4.74 Å². The van der Waals surface area contributed by atoms with E-state index in [1.165, 1.54) is 12.1 Å². The highest BCUT2D eigenvalue weighted by Gasteiger charge is 2.21. The van der Waals surface area contributed by atoms with Crippen LogP contribution in [0.15, 0.2) is 36.7 Å². The molecule has 0 saturated carbocycles. The molecule has 5 heteroatoms. The molecule has 0 amide bonds. The van der Waals surface area contributed by atoms with E-state index in [1.807, 2.05) is 13.1 Å². The maximum atomic E-state index is 12.8. The molecule has 0 N–H and O–H groups in total. The normalized spacial score (nSPS) is 16.4. The second-order valence-electron chi connectivity index (χ2n) is 6.00. The van der Waals surface area contributed by atoms with E-state index in [0.29, 0.717) is 12.5 Å². The first-order valence-corrected chi connectivity index (χ1v) is 8.10. The molecule has 23 heavy (non-hydrogen) atoms. The predicted octanol–water partition coefficient (Wildman–Crippen LogP) is 3.18. The Balaban J connectivity index is 1.41. The van der Waals surface area contributed by atoms with Crippen molar-refractivity contribution in [3.05, 3.63) is 53.9 Å². The van der Waals surface area contributed by atoms with Gasteiger partial charge in [-0.3, -0.25) is 14.9 Å². The number of likely N-dealkylation sites (tertiary alicyclic amines) is 1. The van der Waals surface area contributed by atoms with Crippen molar-refractivity contribution in [2.75, 3.05) is 26.2 Å². The van der Waals surface area contributed by atoms with E-state index < -0.39 is 0 Å². The number of rotatable bonds is 5. The van der Waals surface area contributed by atoms with Crippen molar-refractivity contribution in [1.82, 2.24) is 14.9 Å². The fraction of sp³-hybridized carbons (Fsp3) is 0.444. The molecule has 1 aliphatic heterocycles. The molecule has 1 aliphatic rings. The maximum Gasteiger partial charge on any atom is 0.123 e. The van der Waals surface area contributed by atoms with Gasteiger partial charge in [-0.15, -0.1) is 0 Å². The molecular weight excluding hydrogens is 293 g/mol. The van der Waals surface area contributed by atoms with Crippen molar-refractivity contribution in [3.63, 3.8) is 0 Å². The highest BCUT2D eigenvalue weighted by molar-refractivity contribution is 5.22. The van der Waals surface area contributed by atoms with E-state index in [0.717, 1.165) is 49.6 Å². The molecule has 0 radical (unpaired) electrons. The summed E-state index contributed by atoms with van der Waals surface area (Å²) >= 11 is 0. The number of benzene rings is 1. The number of ether oxygens (including phenoxy) is 1. The summed E-state index contributed by atoms with van der Waals surface area (Å²) in [6, 6.07) is 6.17. The quantitative estimate of drug-likeness (QED) is 0.849. The molecule has 3 rings (SSSR count). The molecule has 122 valence electrons. The molecule has 0 spiro atoms. The average Bonchev–Trinajstić information content (AvgIpc) is 2.57. The summed E-state index contributed by atoms with van der Waals surface area (Å²) < 4.78 is 18.5. The van der Waals surface area contributed by atoms with Crippen LogP contribution < -0.4 is 4.74 Å². The third-order valence-corrected chi connectivity index (χ3v) is 4.27. The van der Waals surface area contributed by atoms with Gasteiger partial charge in [0, 0.05) is 24.9 Å². The summed E-state index contributed by atoms with van der Waals surface area (Å²) in [5.41, 5.74) is 2.10. The first-order chi connectivity index (χ1) is 11.2. The van der Waals surface area contributed by atoms with Gasteiger partial charge in [-0.25, -0.2) is 4.39 Å². The monoisotopic (exact) mass is 315 g/mol. The minimum absolute atomic E-state index is 0.237. The predicted molar refractivity (Wildman–Crippen MR) is 87.1 cm³/mol. The van der Waals surface area contributed by atoms with Crippen molar-refractivity contribution >= 4 is 0 Å². The molecule has 0 atom stereocenters. The number of hydrogen-bond acceptors (Lipinski definition) is 4. The molecule has 1 fully saturated rings. The van der Waals surface area contributed by atoms with Gasteiger partial charge in [0.2, 0.25) is 0 Å². The van der Waals surface area contributed by atoms with E-state index in [9.17, 15) is 4.39 Å². The van der Waals surface area contributed by atoms with Gasteiger partial charge < -0.3 is 4.74 Å². The van der Waals surface area contributed by atoms with Crippen LogP contribution in [0.3, 0.4) is 0 Å². The lowest BCUT2D eigenvalue weighted by Crippen LogP contribution is -2.36. The Labute approximate surface area is 136 Å². The molecule has 1 saturated heterocycles. The minimum atomic E-state index is -0.237. The van der Waals surface area contributed by atoms with Crippen LogP contribution in [-0.2, 0) is 0 Å². The van der Waals surface area contributed by atoms with Gasteiger partial charge in [-0.05, 0) is 57.1 Å². The second-order valence-corrected chi connectivity index (χ2v) is 6.00.